The molecule has 6 nitrogen and oxygen atoms in total. The average molecular weight is 217 g/mol. The molecule has 0 aliphatic heterocycles. The zero-order valence-corrected chi connectivity index (χ0v) is 8.83. The quantitative estimate of drug-likeness (QED) is 0.486. The number of hydrogen-bond acceptors (Lipinski definition) is 4. The van der Waals surface area contributed by atoms with E-state index in [1.54, 1.807) is 0 Å². The fraction of sp³-hybridized carbons (Fsp3) is 0.778. The molecule has 0 saturated carbocycles. The zero-order chi connectivity index (χ0) is 11.5. The third-order valence-electron chi connectivity index (χ3n) is 1.82. The molecule has 6 heteroatoms. The number of nitrogens with one attached hydrogen (secondary N) is 1. The van der Waals surface area contributed by atoms with E-state index in [0.29, 0.717) is 13.2 Å². The Hall–Kier alpha value is -1.30. The van der Waals surface area contributed by atoms with Crippen molar-refractivity contribution in [1.29, 1.82) is 0 Å². The second kappa shape index (κ2) is 9.26. The molecule has 0 atom stereocenters. The fourth-order valence-corrected chi connectivity index (χ4v) is 1.05. The molecule has 0 radical (unpaired) electrons. The molecule has 0 saturated heterocycles. The highest BCUT2D eigenvalue weighted by Gasteiger charge is 1.96. The molecule has 0 heterocycles. The first-order valence-corrected chi connectivity index (χ1v) is 5.06. The van der Waals surface area contributed by atoms with Crippen molar-refractivity contribution < 1.29 is 14.3 Å². The van der Waals surface area contributed by atoms with Crippen LogP contribution in [-0.2, 0) is 9.53 Å². The molecule has 88 valence electrons. The molecule has 0 aromatic carbocycles. The summed E-state index contributed by atoms with van der Waals surface area (Å²) in [5.41, 5.74) is 9.89. The van der Waals surface area contributed by atoms with E-state index in [1.165, 1.54) is 0 Å². The summed E-state index contributed by atoms with van der Waals surface area (Å²) >= 11 is 0. The van der Waals surface area contributed by atoms with Crippen molar-refractivity contribution in [3.8, 4) is 0 Å². The number of amides is 2. The minimum absolute atomic E-state index is 0.0342. The lowest BCUT2D eigenvalue weighted by atomic mass is 10.2. The van der Waals surface area contributed by atoms with Crippen LogP contribution in [0, 0.1) is 0 Å². The minimum Gasteiger partial charge on any atom is -0.450 e. The Morgan fingerprint density at radius 3 is 2.40 bits per heavy atom. The van der Waals surface area contributed by atoms with Gasteiger partial charge >= 0.3 is 6.09 Å². The van der Waals surface area contributed by atoms with Gasteiger partial charge in [0.15, 0.2) is 0 Å². The summed E-state index contributed by atoms with van der Waals surface area (Å²) in [6.45, 7) is 1.05. The number of hydrogen-bond donors (Lipinski definition) is 3. The van der Waals surface area contributed by atoms with Gasteiger partial charge in [0.2, 0.25) is 5.91 Å². The number of carbonyl (C=O) groups is 2. The predicted molar refractivity (Wildman–Crippen MR) is 56.1 cm³/mol. The van der Waals surface area contributed by atoms with E-state index < -0.39 is 6.09 Å². The first-order valence-electron chi connectivity index (χ1n) is 5.06. The predicted octanol–water partition coefficient (Wildman–Crippen LogP) is -0.283. The zero-order valence-electron chi connectivity index (χ0n) is 8.83. The SMILES string of the molecule is NCC(=O)NCCCCCCOC(N)=O. The van der Waals surface area contributed by atoms with E-state index in [1.807, 2.05) is 0 Å². The third kappa shape index (κ3) is 10.6. The topological polar surface area (TPSA) is 107 Å². The Labute approximate surface area is 89.3 Å². The summed E-state index contributed by atoms with van der Waals surface area (Å²) in [7, 11) is 0. The van der Waals surface area contributed by atoms with Crippen LogP contribution >= 0.6 is 0 Å². The van der Waals surface area contributed by atoms with Crippen LogP contribution in [0.15, 0.2) is 0 Å². The van der Waals surface area contributed by atoms with Crippen LogP contribution < -0.4 is 16.8 Å². The maximum atomic E-state index is 10.7. The van der Waals surface area contributed by atoms with Crippen LogP contribution in [0.25, 0.3) is 0 Å². The largest absolute Gasteiger partial charge is 0.450 e. The van der Waals surface area contributed by atoms with E-state index in [4.69, 9.17) is 11.5 Å². The van der Waals surface area contributed by atoms with Gasteiger partial charge in [0.05, 0.1) is 13.2 Å². The van der Waals surface area contributed by atoms with E-state index in [2.05, 4.69) is 10.1 Å². The normalized spacial score (nSPS) is 9.67. The van der Waals surface area contributed by atoms with Crippen LogP contribution in [0.4, 0.5) is 4.79 Å². The second-order valence-corrected chi connectivity index (χ2v) is 3.14. The summed E-state index contributed by atoms with van der Waals surface area (Å²) in [5, 5.41) is 2.67. The Morgan fingerprint density at radius 2 is 1.80 bits per heavy atom. The van der Waals surface area contributed by atoms with Gasteiger partial charge in [-0.25, -0.2) is 4.79 Å². The van der Waals surface area contributed by atoms with Crippen molar-refractivity contribution in [2.45, 2.75) is 25.7 Å². The Bertz CT molecular complexity index is 197. The molecule has 0 aromatic heterocycles. The first-order chi connectivity index (χ1) is 7.16. The lowest BCUT2D eigenvalue weighted by Crippen LogP contribution is -2.30. The Balaban J connectivity index is 3.05. The summed E-state index contributed by atoms with van der Waals surface area (Å²) in [4.78, 5) is 20.9. The molecule has 5 N–H and O–H groups in total. The third-order valence-corrected chi connectivity index (χ3v) is 1.82. The highest BCUT2D eigenvalue weighted by Crippen LogP contribution is 1.98. The number of ether oxygens (including phenoxy) is 1. The fourth-order valence-electron chi connectivity index (χ4n) is 1.05. The molecule has 15 heavy (non-hydrogen) atoms. The van der Waals surface area contributed by atoms with E-state index >= 15 is 0 Å². The highest BCUT2D eigenvalue weighted by molar-refractivity contribution is 5.77. The number of nitrogens with two attached hydrogens (primary N) is 2. The molecule has 0 rings (SSSR count). The van der Waals surface area contributed by atoms with E-state index in [0.717, 1.165) is 25.7 Å². The van der Waals surface area contributed by atoms with Crippen molar-refractivity contribution in [3.05, 3.63) is 0 Å². The molecule has 0 aromatic rings. The molecule has 0 aliphatic carbocycles. The Kier molecular flexibility index (Phi) is 8.46. The number of carbonyl (C=O) groups excluding carboxylic acids is 2. The van der Waals surface area contributed by atoms with Crippen molar-refractivity contribution >= 4 is 12.0 Å². The number of primary amides is 1. The summed E-state index contributed by atoms with van der Waals surface area (Å²) < 4.78 is 4.56. The van der Waals surface area contributed by atoms with Crippen LogP contribution in [0.1, 0.15) is 25.7 Å². The van der Waals surface area contributed by atoms with Crippen LogP contribution in [0.5, 0.6) is 0 Å². The second-order valence-electron chi connectivity index (χ2n) is 3.14. The van der Waals surface area contributed by atoms with Gasteiger partial charge in [0.1, 0.15) is 0 Å². The molecule has 2 amide bonds. The summed E-state index contributed by atoms with van der Waals surface area (Å²) in [5.74, 6) is -0.132. The van der Waals surface area contributed by atoms with Crippen LogP contribution in [0.3, 0.4) is 0 Å². The number of unbranched alkanes of at least 4 members (excludes halogenated alkanes) is 3. The van der Waals surface area contributed by atoms with Crippen molar-refractivity contribution in [3.63, 3.8) is 0 Å². The van der Waals surface area contributed by atoms with E-state index in [9.17, 15) is 9.59 Å². The van der Waals surface area contributed by atoms with Gasteiger partial charge in [0.25, 0.3) is 0 Å². The first kappa shape index (κ1) is 13.7. The van der Waals surface area contributed by atoms with Crippen LogP contribution in [0.2, 0.25) is 0 Å². The van der Waals surface area contributed by atoms with E-state index in [-0.39, 0.29) is 12.5 Å². The number of rotatable bonds is 8. The Morgan fingerprint density at radius 1 is 1.13 bits per heavy atom. The van der Waals surface area contributed by atoms with Crippen molar-refractivity contribution in [2.24, 2.45) is 11.5 Å². The molecule has 0 fully saturated rings. The average Bonchev–Trinajstić information content (AvgIpc) is 2.21. The molecule has 0 bridgehead atoms. The molecular formula is C9H19N3O3. The standard InChI is InChI=1S/C9H19N3O3/c10-7-8(13)12-5-3-1-2-4-6-15-9(11)14/h1-7,10H2,(H2,11,14)(H,12,13). The smallest absolute Gasteiger partial charge is 0.404 e. The van der Waals surface area contributed by atoms with Gasteiger partial charge in [-0.2, -0.15) is 0 Å². The van der Waals surface area contributed by atoms with Crippen LogP contribution in [-0.4, -0.2) is 31.7 Å². The summed E-state index contributed by atoms with van der Waals surface area (Å²) in [6, 6.07) is 0. The van der Waals surface area contributed by atoms with Gasteiger partial charge in [0, 0.05) is 6.54 Å². The lowest BCUT2D eigenvalue weighted by molar-refractivity contribution is -0.119. The summed E-state index contributed by atoms with van der Waals surface area (Å²) in [6.07, 6.45) is 2.90. The minimum atomic E-state index is -0.731. The molecule has 0 spiro atoms. The maximum Gasteiger partial charge on any atom is 0.404 e. The maximum absolute atomic E-state index is 10.7. The van der Waals surface area contributed by atoms with Gasteiger partial charge in [-0.15, -0.1) is 0 Å². The van der Waals surface area contributed by atoms with Crippen molar-refractivity contribution in [1.82, 2.24) is 5.32 Å². The lowest BCUT2D eigenvalue weighted by Gasteiger charge is -2.03. The van der Waals surface area contributed by atoms with Gasteiger partial charge < -0.3 is 21.5 Å². The highest BCUT2D eigenvalue weighted by atomic mass is 16.5. The monoisotopic (exact) mass is 217 g/mol. The van der Waals surface area contributed by atoms with Gasteiger partial charge in [-0.05, 0) is 19.3 Å². The van der Waals surface area contributed by atoms with Crippen molar-refractivity contribution in [2.75, 3.05) is 19.7 Å². The molecular weight excluding hydrogens is 198 g/mol. The van der Waals surface area contributed by atoms with Gasteiger partial charge in [-0.3, -0.25) is 4.79 Å². The van der Waals surface area contributed by atoms with Gasteiger partial charge in [-0.1, -0.05) is 6.42 Å². The molecule has 0 unspecified atom stereocenters. The molecule has 0 aliphatic rings.